The van der Waals surface area contributed by atoms with E-state index in [4.69, 9.17) is 25.9 Å². The van der Waals surface area contributed by atoms with Crippen molar-refractivity contribution in [3.8, 4) is 0 Å². The summed E-state index contributed by atoms with van der Waals surface area (Å²) in [5.41, 5.74) is 0.987. The van der Waals surface area contributed by atoms with Gasteiger partial charge < -0.3 is 14.3 Å². The SMILES string of the molecule is CC(OCc1ccc(Cl)cc1)c1ccc(C(=O)O)o1. The van der Waals surface area contributed by atoms with Crippen LogP contribution >= 0.6 is 11.6 Å². The second-order valence-corrected chi connectivity index (χ2v) is 4.52. The Labute approximate surface area is 115 Å². The molecule has 0 bridgehead atoms. The van der Waals surface area contributed by atoms with Crippen LogP contribution in [0.15, 0.2) is 40.8 Å². The van der Waals surface area contributed by atoms with E-state index in [0.717, 1.165) is 5.56 Å². The molecule has 1 unspecified atom stereocenters. The lowest BCUT2D eigenvalue weighted by atomic mass is 10.2. The van der Waals surface area contributed by atoms with Gasteiger partial charge in [-0.1, -0.05) is 23.7 Å². The third kappa shape index (κ3) is 3.59. The zero-order valence-corrected chi connectivity index (χ0v) is 11.1. The molecule has 0 aliphatic rings. The number of hydrogen-bond acceptors (Lipinski definition) is 3. The van der Waals surface area contributed by atoms with Crippen molar-refractivity contribution in [2.75, 3.05) is 0 Å². The van der Waals surface area contributed by atoms with E-state index in [9.17, 15) is 4.79 Å². The number of carboxylic acids is 1. The molecule has 4 nitrogen and oxygen atoms in total. The van der Waals surface area contributed by atoms with Gasteiger partial charge in [-0.05, 0) is 36.8 Å². The third-order valence-corrected chi connectivity index (χ3v) is 2.90. The molecule has 1 heterocycles. The number of aromatic carboxylic acids is 1. The van der Waals surface area contributed by atoms with Crippen molar-refractivity contribution in [1.82, 2.24) is 0 Å². The highest BCUT2D eigenvalue weighted by Gasteiger charge is 2.14. The minimum Gasteiger partial charge on any atom is -0.475 e. The van der Waals surface area contributed by atoms with Crippen molar-refractivity contribution < 1.29 is 19.1 Å². The second-order valence-electron chi connectivity index (χ2n) is 4.09. The zero-order valence-electron chi connectivity index (χ0n) is 10.3. The van der Waals surface area contributed by atoms with Gasteiger partial charge in [0.15, 0.2) is 0 Å². The van der Waals surface area contributed by atoms with Gasteiger partial charge in [-0.15, -0.1) is 0 Å². The highest BCUT2D eigenvalue weighted by molar-refractivity contribution is 6.30. The average Bonchev–Trinajstić information content (AvgIpc) is 2.87. The Bertz CT molecular complexity index is 559. The van der Waals surface area contributed by atoms with Crippen LogP contribution in [0, 0.1) is 0 Å². The Morgan fingerprint density at radius 3 is 2.58 bits per heavy atom. The first-order chi connectivity index (χ1) is 9.06. The number of ether oxygens (including phenoxy) is 1. The summed E-state index contributed by atoms with van der Waals surface area (Å²) in [7, 11) is 0. The summed E-state index contributed by atoms with van der Waals surface area (Å²) < 4.78 is 10.8. The predicted octanol–water partition coefficient (Wildman–Crippen LogP) is 3.91. The van der Waals surface area contributed by atoms with Gasteiger partial charge in [-0.2, -0.15) is 0 Å². The lowest BCUT2D eigenvalue weighted by molar-refractivity contribution is 0.0360. The van der Waals surface area contributed by atoms with Gasteiger partial charge in [0.05, 0.1) is 6.61 Å². The molecule has 0 saturated carbocycles. The van der Waals surface area contributed by atoms with Crippen LogP contribution in [0.3, 0.4) is 0 Å². The lowest BCUT2D eigenvalue weighted by Gasteiger charge is -2.10. The van der Waals surface area contributed by atoms with Gasteiger partial charge in [0.2, 0.25) is 5.76 Å². The van der Waals surface area contributed by atoms with Crippen LogP contribution in [0.1, 0.15) is 34.9 Å². The van der Waals surface area contributed by atoms with Crippen molar-refractivity contribution in [3.63, 3.8) is 0 Å². The number of hydrogen-bond donors (Lipinski definition) is 1. The average molecular weight is 281 g/mol. The van der Waals surface area contributed by atoms with Crippen molar-refractivity contribution in [2.45, 2.75) is 19.6 Å². The minimum atomic E-state index is -1.09. The molecular formula is C14H13ClO4. The van der Waals surface area contributed by atoms with Crippen LogP contribution in [0.25, 0.3) is 0 Å². The summed E-state index contributed by atoms with van der Waals surface area (Å²) in [5, 5.41) is 9.44. The van der Waals surface area contributed by atoms with E-state index in [1.165, 1.54) is 6.07 Å². The second kappa shape index (κ2) is 5.91. The summed E-state index contributed by atoms with van der Waals surface area (Å²) in [5.74, 6) is -0.681. The van der Waals surface area contributed by atoms with Crippen molar-refractivity contribution in [2.24, 2.45) is 0 Å². The Morgan fingerprint density at radius 1 is 1.32 bits per heavy atom. The van der Waals surface area contributed by atoms with E-state index < -0.39 is 5.97 Å². The maximum atomic E-state index is 10.7. The molecule has 0 amide bonds. The highest BCUT2D eigenvalue weighted by Crippen LogP contribution is 2.21. The van der Waals surface area contributed by atoms with Crippen molar-refractivity contribution >= 4 is 17.6 Å². The standard InChI is InChI=1S/C14H13ClO4/c1-9(12-6-7-13(19-12)14(16)17)18-8-10-2-4-11(15)5-3-10/h2-7,9H,8H2,1H3,(H,16,17). The maximum absolute atomic E-state index is 10.7. The van der Waals surface area contributed by atoms with Gasteiger partial charge in [0.1, 0.15) is 11.9 Å². The number of furan rings is 1. The molecule has 1 atom stereocenters. The highest BCUT2D eigenvalue weighted by atomic mass is 35.5. The first-order valence-electron chi connectivity index (χ1n) is 5.75. The normalized spacial score (nSPS) is 12.3. The summed E-state index contributed by atoms with van der Waals surface area (Å²) in [6.45, 7) is 2.21. The number of benzene rings is 1. The van der Waals surface area contributed by atoms with Crippen molar-refractivity contribution in [3.05, 3.63) is 58.5 Å². The number of halogens is 1. The summed E-state index contributed by atoms with van der Waals surface area (Å²) in [6.07, 6.45) is -0.316. The number of rotatable bonds is 5. The van der Waals surface area contributed by atoms with E-state index in [1.807, 2.05) is 12.1 Å². The molecule has 0 saturated heterocycles. The van der Waals surface area contributed by atoms with E-state index in [-0.39, 0.29) is 11.9 Å². The topological polar surface area (TPSA) is 59.7 Å². The molecule has 2 aromatic rings. The van der Waals surface area contributed by atoms with Crippen LogP contribution in [0.5, 0.6) is 0 Å². The molecule has 5 heteroatoms. The maximum Gasteiger partial charge on any atom is 0.371 e. The van der Waals surface area contributed by atoms with Crippen molar-refractivity contribution in [1.29, 1.82) is 0 Å². The molecule has 1 aromatic carbocycles. The van der Waals surface area contributed by atoms with Gasteiger partial charge in [-0.25, -0.2) is 4.79 Å². The quantitative estimate of drug-likeness (QED) is 0.902. The van der Waals surface area contributed by atoms with E-state index in [2.05, 4.69) is 0 Å². The molecule has 1 N–H and O–H groups in total. The molecule has 0 radical (unpaired) electrons. The third-order valence-electron chi connectivity index (χ3n) is 2.65. The molecule has 1 aromatic heterocycles. The first-order valence-corrected chi connectivity index (χ1v) is 6.13. The summed E-state index contributed by atoms with van der Waals surface area (Å²) in [4.78, 5) is 10.7. The smallest absolute Gasteiger partial charge is 0.371 e. The van der Waals surface area contributed by atoms with E-state index in [0.29, 0.717) is 17.4 Å². The largest absolute Gasteiger partial charge is 0.475 e. The van der Waals surface area contributed by atoms with Crippen LogP contribution in [-0.4, -0.2) is 11.1 Å². The molecule has 0 aliphatic carbocycles. The van der Waals surface area contributed by atoms with Crippen LogP contribution in [0.2, 0.25) is 5.02 Å². The van der Waals surface area contributed by atoms with Gasteiger partial charge >= 0.3 is 5.97 Å². The van der Waals surface area contributed by atoms with Gasteiger partial charge in [0, 0.05) is 5.02 Å². The first kappa shape index (κ1) is 13.6. The van der Waals surface area contributed by atoms with Crippen LogP contribution in [0.4, 0.5) is 0 Å². The Morgan fingerprint density at radius 2 is 2.00 bits per heavy atom. The molecule has 19 heavy (non-hydrogen) atoms. The summed E-state index contributed by atoms with van der Waals surface area (Å²) >= 11 is 5.79. The fourth-order valence-corrected chi connectivity index (χ4v) is 1.70. The molecule has 0 aliphatic heterocycles. The molecule has 100 valence electrons. The minimum absolute atomic E-state index is 0.0862. The summed E-state index contributed by atoms with van der Waals surface area (Å²) in [6, 6.07) is 10.4. The Balaban J connectivity index is 1.95. The van der Waals surface area contributed by atoms with Gasteiger partial charge in [-0.3, -0.25) is 0 Å². The predicted molar refractivity (Wildman–Crippen MR) is 70.3 cm³/mol. The lowest BCUT2D eigenvalue weighted by Crippen LogP contribution is -1.99. The Kier molecular flexibility index (Phi) is 4.24. The zero-order chi connectivity index (χ0) is 13.8. The molecule has 0 spiro atoms. The molecule has 0 fully saturated rings. The van der Waals surface area contributed by atoms with E-state index in [1.54, 1.807) is 25.1 Å². The van der Waals surface area contributed by atoms with Crippen LogP contribution < -0.4 is 0 Å². The number of carbonyl (C=O) groups is 1. The fraction of sp³-hybridized carbons (Fsp3) is 0.214. The monoisotopic (exact) mass is 280 g/mol. The number of carboxylic acid groups (broad SMARTS) is 1. The van der Waals surface area contributed by atoms with E-state index >= 15 is 0 Å². The van der Waals surface area contributed by atoms with Crippen LogP contribution in [-0.2, 0) is 11.3 Å². The van der Waals surface area contributed by atoms with Gasteiger partial charge in [0.25, 0.3) is 0 Å². The molecule has 2 rings (SSSR count). The molecular weight excluding hydrogens is 268 g/mol. The fourth-order valence-electron chi connectivity index (χ4n) is 1.57. The Hall–Kier alpha value is -1.78.